The maximum absolute atomic E-state index is 8.52. The Kier molecular flexibility index (Phi) is 6.84. The quantitative estimate of drug-likeness (QED) is 0.632. The van der Waals surface area contributed by atoms with Gasteiger partial charge in [-0.3, -0.25) is 4.68 Å². The van der Waals surface area contributed by atoms with Gasteiger partial charge in [-0.25, -0.2) is 0 Å². The Morgan fingerprint density at radius 1 is 1.53 bits per heavy atom. The molecule has 0 aromatic carbocycles. The second kappa shape index (κ2) is 8.22. The van der Waals surface area contributed by atoms with E-state index in [0.717, 1.165) is 25.2 Å². The van der Waals surface area contributed by atoms with Crippen LogP contribution in [-0.2, 0) is 11.3 Å². The van der Waals surface area contributed by atoms with E-state index in [9.17, 15) is 0 Å². The third-order valence-corrected chi connectivity index (χ3v) is 2.67. The molecule has 1 rings (SSSR count). The summed E-state index contributed by atoms with van der Waals surface area (Å²) in [6.07, 6.45) is 3.11. The van der Waals surface area contributed by atoms with Crippen molar-refractivity contribution in [2.75, 3.05) is 26.4 Å². The van der Waals surface area contributed by atoms with Crippen molar-refractivity contribution in [3.8, 4) is 0 Å². The molecule has 0 aliphatic rings. The van der Waals surface area contributed by atoms with Gasteiger partial charge < -0.3 is 15.2 Å². The lowest BCUT2D eigenvalue weighted by Crippen LogP contribution is -2.20. The Hall–Kier alpha value is -0.910. The summed E-state index contributed by atoms with van der Waals surface area (Å²) in [6.45, 7) is 6.95. The molecule has 1 atom stereocenters. The number of ether oxygens (including phenoxy) is 1. The van der Waals surface area contributed by atoms with Crippen molar-refractivity contribution in [2.24, 2.45) is 0 Å². The molecule has 0 radical (unpaired) electrons. The Morgan fingerprint density at radius 2 is 2.35 bits per heavy atom. The highest BCUT2D eigenvalue weighted by molar-refractivity contribution is 4.99. The summed E-state index contributed by atoms with van der Waals surface area (Å²) in [6, 6.07) is 2.49. The molecule has 0 bridgehead atoms. The van der Waals surface area contributed by atoms with Crippen LogP contribution in [0.3, 0.4) is 0 Å². The van der Waals surface area contributed by atoms with Gasteiger partial charge >= 0.3 is 0 Å². The van der Waals surface area contributed by atoms with Crippen molar-refractivity contribution in [1.82, 2.24) is 15.1 Å². The molecule has 0 aliphatic carbocycles. The van der Waals surface area contributed by atoms with Crippen molar-refractivity contribution in [1.29, 1.82) is 0 Å². The molecule has 0 fully saturated rings. The Balaban J connectivity index is 2.16. The molecule has 2 N–H and O–H groups in total. The first-order valence-corrected chi connectivity index (χ1v) is 6.21. The predicted octanol–water partition coefficient (Wildman–Crippen LogP) is 0.953. The van der Waals surface area contributed by atoms with Crippen LogP contribution in [0.5, 0.6) is 0 Å². The molecular formula is C12H23N3O2. The lowest BCUT2D eigenvalue weighted by Gasteiger charge is -2.08. The number of nitrogens with one attached hydrogen (secondary N) is 1. The molecule has 98 valence electrons. The molecule has 0 amide bonds. The van der Waals surface area contributed by atoms with Crippen LogP contribution < -0.4 is 5.32 Å². The zero-order valence-electron chi connectivity index (χ0n) is 10.7. The molecule has 1 aromatic rings. The molecule has 0 saturated heterocycles. The zero-order valence-corrected chi connectivity index (χ0v) is 10.7. The Bertz CT molecular complexity index is 302. The number of rotatable bonds is 9. The third-order valence-electron chi connectivity index (χ3n) is 2.67. The third kappa shape index (κ3) is 5.30. The van der Waals surface area contributed by atoms with Crippen molar-refractivity contribution in [3.63, 3.8) is 0 Å². The normalized spacial score (nSPS) is 12.9. The number of aliphatic hydroxyl groups is 1. The van der Waals surface area contributed by atoms with Crippen LogP contribution >= 0.6 is 0 Å². The van der Waals surface area contributed by atoms with Gasteiger partial charge in [-0.2, -0.15) is 5.10 Å². The summed E-state index contributed by atoms with van der Waals surface area (Å²) in [5, 5.41) is 16.3. The van der Waals surface area contributed by atoms with Gasteiger partial charge in [-0.1, -0.05) is 6.92 Å². The summed E-state index contributed by atoms with van der Waals surface area (Å²) >= 11 is 0. The van der Waals surface area contributed by atoms with Crippen molar-refractivity contribution in [2.45, 2.75) is 32.9 Å². The van der Waals surface area contributed by atoms with Gasteiger partial charge in [-0.15, -0.1) is 0 Å². The maximum atomic E-state index is 8.52. The Labute approximate surface area is 103 Å². The number of hydrogen-bond donors (Lipinski definition) is 2. The minimum atomic E-state index is 0.0827. The molecular weight excluding hydrogens is 218 g/mol. The molecule has 1 aromatic heterocycles. The molecule has 0 saturated carbocycles. The van der Waals surface area contributed by atoms with Crippen LogP contribution in [0.15, 0.2) is 12.3 Å². The second-order valence-electron chi connectivity index (χ2n) is 4.06. The van der Waals surface area contributed by atoms with Gasteiger partial charge in [0.2, 0.25) is 0 Å². The maximum Gasteiger partial charge on any atom is 0.0762 e. The molecule has 5 heteroatoms. The van der Waals surface area contributed by atoms with E-state index in [-0.39, 0.29) is 6.61 Å². The van der Waals surface area contributed by atoms with Gasteiger partial charge in [0.1, 0.15) is 0 Å². The Morgan fingerprint density at radius 3 is 3.06 bits per heavy atom. The first-order chi connectivity index (χ1) is 8.27. The predicted molar refractivity (Wildman–Crippen MR) is 66.8 cm³/mol. The average Bonchev–Trinajstić information content (AvgIpc) is 2.81. The molecule has 0 aliphatic heterocycles. The summed E-state index contributed by atoms with van der Waals surface area (Å²) < 4.78 is 7.14. The van der Waals surface area contributed by atoms with E-state index in [0.29, 0.717) is 19.3 Å². The molecule has 17 heavy (non-hydrogen) atoms. The molecule has 5 nitrogen and oxygen atoms in total. The van der Waals surface area contributed by atoms with Crippen LogP contribution in [0.2, 0.25) is 0 Å². The number of nitrogens with zero attached hydrogens (tertiary/aromatic N) is 2. The average molecular weight is 241 g/mol. The SMILES string of the molecule is CCC(C)n1ccc(CNCCOCCO)n1. The smallest absolute Gasteiger partial charge is 0.0762 e. The van der Waals surface area contributed by atoms with Crippen LogP contribution in [0.25, 0.3) is 0 Å². The first-order valence-electron chi connectivity index (χ1n) is 6.21. The van der Waals surface area contributed by atoms with Crippen LogP contribution in [-0.4, -0.2) is 41.3 Å². The van der Waals surface area contributed by atoms with E-state index >= 15 is 0 Å². The highest BCUT2D eigenvalue weighted by Gasteiger charge is 2.03. The topological polar surface area (TPSA) is 59.3 Å². The lowest BCUT2D eigenvalue weighted by atomic mass is 10.3. The van der Waals surface area contributed by atoms with E-state index < -0.39 is 0 Å². The molecule has 1 unspecified atom stereocenters. The van der Waals surface area contributed by atoms with E-state index in [1.807, 2.05) is 16.9 Å². The summed E-state index contributed by atoms with van der Waals surface area (Å²) in [7, 11) is 0. The number of hydrogen-bond acceptors (Lipinski definition) is 4. The standard InChI is InChI=1S/C12H23N3O2/c1-3-11(2)15-6-4-12(14-15)10-13-5-8-17-9-7-16/h4,6,11,13,16H,3,5,7-10H2,1-2H3. The van der Waals surface area contributed by atoms with Crippen LogP contribution in [0, 0.1) is 0 Å². The highest BCUT2D eigenvalue weighted by Crippen LogP contribution is 2.08. The zero-order chi connectivity index (χ0) is 12.5. The largest absolute Gasteiger partial charge is 0.394 e. The number of aliphatic hydroxyl groups excluding tert-OH is 1. The second-order valence-corrected chi connectivity index (χ2v) is 4.06. The highest BCUT2D eigenvalue weighted by atomic mass is 16.5. The lowest BCUT2D eigenvalue weighted by molar-refractivity contribution is 0.0937. The van der Waals surface area contributed by atoms with Crippen LogP contribution in [0.4, 0.5) is 0 Å². The summed E-state index contributed by atoms with van der Waals surface area (Å²) in [5.41, 5.74) is 1.05. The van der Waals surface area contributed by atoms with Crippen molar-refractivity contribution < 1.29 is 9.84 Å². The van der Waals surface area contributed by atoms with Gasteiger partial charge in [0.25, 0.3) is 0 Å². The summed E-state index contributed by atoms with van der Waals surface area (Å²) in [4.78, 5) is 0. The molecule has 0 spiro atoms. The van der Waals surface area contributed by atoms with Crippen molar-refractivity contribution >= 4 is 0 Å². The minimum absolute atomic E-state index is 0.0827. The minimum Gasteiger partial charge on any atom is -0.394 e. The fourth-order valence-electron chi connectivity index (χ4n) is 1.43. The number of aromatic nitrogens is 2. The van der Waals surface area contributed by atoms with E-state index in [2.05, 4.69) is 24.3 Å². The van der Waals surface area contributed by atoms with E-state index in [1.54, 1.807) is 0 Å². The summed E-state index contributed by atoms with van der Waals surface area (Å²) in [5.74, 6) is 0. The molecule has 1 heterocycles. The van der Waals surface area contributed by atoms with Gasteiger partial charge in [-0.05, 0) is 19.4 Å². The van der Waals surface area contributed by atoms with Gasteiger partial charge in [0.15, 0.2) is 0 Å². The van der Waals surface area contributed by atoms with Gasteiger partial charge in [0, 0.05) is 25.3 Å². The first kappa shape index (κ1) is 14.2. The monoisotopic (exact) mass is 241 g/mol. The fourth-order valence-corrected chi connectivity index (χ4v) is 1.43. The van der Waals surface area contributed by atoms with Gasteiger partial charge in [0.05, 0.1) is 25.5 Å². The fraction of sp³-hybridized carbons (Fsp3) is 0.750. The van der Waals surface area contributed by atoms with E-state index in [1.165, 1.54) is 0 Å². The van der Waals surface area contributed by atoms with E-state index in [4.69, 9.17) is 9.84 Å². The van der Waals surface area contributed by atoms with Crippen molar-refractivity contribution in [3.05, 3.63) is 18.0 Å². The van der Waals surface area contributed by atoms with Crippen LogP contribution in [0.1, 0.15) is 32.0 Å².